The van der Waals surface area contributed by atoms with Gasteiger partial charge in [-0.05, 0) is 66.2 Å². The molecule has 3 atom stereocenters. The smallest absolute Gasteiger partial charge is 0.248 e. The van der Waals surface area contributed by atoms with Gasteiger partial charge in [-0.1, -0.05) is 6.07 Å². The molecule has 1 aliphatic carbocycles. The summed E-state index contributed by atoms with van der Waals surface area (Å²) in [7, 11) is 0. The van der Waals surface area contributed by atoms with E-state index in [1.54, 1.807) is 20.3 Å². The zero-order chi connectivity index (χ0) is 29.3. The fourth-order valence-corrected chi connectivity index (χ4v) is 6.13. The van der Waals surface area contributed by atoms with Gasteiger partial charge >= 0.3 is 0 Å². The second kappa shape index (κ2) is 9.79. The SMILES string of the molecule is CC(=O)c1nn(CC(=O)N2[C@@H]3C[C@@H]3C[C@H]2C(=O)Nc2cnc(C)c(Br)n2)c2ccc(-c3cnc4cc(C)nn4c3)cc12. The summed E-state index contributed by atoms with van der Waals surface area (Å²) in [5, 5.41) is 12.4. The van der Waals surface area contributed by atoms with Gasteiger partial charge in [-0.25, -0.2) is 14.5 Å². The molecule has 1 aromatic carbocycles. The summed E-state index contributed by atoms with van der Waals surface area (Å²) >= 11 is 3.34. The van der Waals surface area contributed by atoms with Gasteiger partial charge in [0.1, 0.15) is 22.9 Å². The van der Waals surface area contributed by atoms with Crippen LogP contribution in [0.3, 0.4) is 0 Å². The van der Waals surface area contributed by atoms with Crippen LogP contribution in [0.4, 0.5) is 5.82 Å². The minimum absolute atomic E-state index is 0.0261. The largest absolute Gasteiger partial charge is 0.326 e. The lowest BCUT2D eigenvalue weighted by Gasteiger charge is -2.26. The first-order valence-electron chi connectivity index (χ1n) is 13.6. The number of carbonyl (C=O) groups excluding carboxylic acids is 3. The molecule has 5 heterocycles. The molecule has 7 rings (SSSR count). The number of halogens is 1. The number of rotatable bonds is 6. The number of likely N-dealkylation sites (tertiary alicyclic amines) is 1. The van der Waals surface area contributed by atoms with Crippen LogP contribution in [-0.4, -0.2) is 68.9 Å². The van der Waals surface area contributed by atoms with Crippen molar-refractivity contribution in [2.24, 2.45) is 5.92 Å². The maximum absolute atomic E-state index is 13.7. The second-order valence-corrected chi connectivity index (χ2v) is 11.7. The Morgan fingerprint density at radius 3 is 2.67 bits per heavy atom. The van der Waals surface area contributed by atoms with Gasteiger partial charge in [-0.3, -0.25) is 24.0 Å². The zero-order valence-corrected chi connectivity index (χ0v) is 24.7. The van der Waals surface area contributed by atoms with Crippen molar-refractivity contribution < 1.29 is 14.4 Å². The molecule has 1 N–H and O–H groups in total. The fraction of sp³-hybridized carbons (Fsp3) is 0.310. The third-order valence-electron chi connectivity index (χ3n) is 7.98. The predicted octanol–water partition coefficient (Wildman–Crippen LogP) is 3.75. The highest BCUT2D eigenvalue weighted by Gasteiger charge is 2.56. The molecule has 5 aromatic rings. The highest BCUT2D eigenvalue weighted by Crippen LogP contribution is 2.48. The van der Waals surface area contributed by atoms with Gasteiger partial charge in [0.05, 0.1) is 23.1 Å². The summed E-state index contributed by atoms with van der Waals surface area (Å²) in [6.45, 7) is 5.09. The first kappa shape index (κ1) is 26.4. The molecule has 1 saturated carbocycles. The number of Topliss-reactive ketones (excluding diaryl/α,β-unsaturated/α-hetero) is 1. The highest BCUT2D eigenvalue weighted by molar-refractivity contribution is 9.10. The summed E-state index contributed by atoms with van der Waals surface area (Å²) in [4.78, 5) is 54.2. The van der Waals surface area contributed by atoms with Crippen molar-refractivity contribution in [3.05, 3.63) is 64.5 Å². The summed E-state index contributed by atoms with van der Waals surface area (Å²) in [6.07, 6.45) is 6.63. The summed E-state index contributed by atoms with van der Waals surface area (Å²) < 4.78 is 3.83. The van der Waals surface area contributed by atoms with Crippen LogP contribution in [-0.2, 0) is 16.1 Å². The fourth-order valence-electron chi connectivity index (χ4n) is 5.84. The molecule has 0 radical (unpaired) electrons. The normalized spacial score (nSPS) is 19.3. The first-order valence-corrected chi connectivity index (χ1v) is 14.4. The molecule has 1 aliphatic heterocycles. The van der Waals surface area contributed by atoms with Crippen LogP contribution >= 0.6 is 15.9 Å². The maximum atomic E-state index is 13.7. The number of nitrogens with one attached hydrogen (secondary N) is 1. The Labute approximate surface area is 248 Å². The predicted molar refractivity (Wildman–Crippen MR) is 157 cm³/mol. The van der Waals surface area contributed by atoms with E-state index in [9.17, 15) is 14.4 Å². The molecular weight excluding hydrogens is 602 g/mol. The molecule has 1 saturated heterocycles. The van der Waals surface area contributed by atoms with E-state index in [2.05, 4.69) is 46.4 Å². The van der Waals surface area contributed by atoms with Crippen molar-refractivity contribution in [1.82, 2.24) is 39.2 Å². The Morgan fingerprint density at radius 2 is 1.88 bits per heavy atom. The van der Waals surface area contributed by atoms with E-state index >= 15 is 0 Å². The Bertz CT molecular complexity index is 1950. The lowest BCUT2D eigenvalue weighted by Crippen LogP contribution is -2.46. The molecule has 2 aliphatic rings. The number of aryl methyl sites for hydroxylation is 2. The average molecular weight is 628 g/mol. The molecule has 12 nitrogen and oxygen atoms in total. The molecule has 212 valence electrons. The minimum atomic E-state index is -0.614. The van der Waals surface area contributed by atoms with Crippen molar-refractivity contribution >= 4 is 55.9 Å². The molecular formula is C29H26BrN9O3. The van der Waals surface area contributed by atoms with Crippen LogP contribution in [0.1, 0.15) is 41.6 Å². The van der Waals surface area contributed by atoms with Gasteiger partial charge in [0.25, 0.3) is 0 Å². The van der Waals surface area contributed by atoms with E-state index in [4.69, 9.17) is 0 Å². The Kier molecular flexibility index (Phi) is 6.15. The Morgan fingerprint density at radius 1 is 1.05 bits per heavy atom. The van der Waals surface area contributed by atoms with Gasteiger partial charge in [0.15, 0.2) is 17.2 Å². The number of nitrogens with zero attached hydrogens (tertiary/aromatic N) is 8. The van der Waals surface area contributed by atoms with Crippen molar-refractivity contribution in [2.75, 3.05) is 5.32 Å². The third kappa shape index (κ3) is 4.53. The van der Waals surface area contributed by atoms with E-state index in [1.807, 2.05) is 44.3 Å². The van der Waals surface area contributed by atoms with E-state index < -0.39 is 6.04 Å². The van der Waals surface area contributed by atoms with Crippen molar-refractivity contribution in [3.63, 3.8) is 0 Å². The molecule has 2 fully saturated rings. The van der Waals surface area contributed by atoms with Gasteiger partial charge in [0, 0.05) is 42.4 Å². The van der Waals surface area contributed by atoms with Crippen LogP contribution in [0.25, 0.3) is 27.7 Å². The van der Waals surface area contributed by atoms with Gasteiger partial charge in [-0.2, -0.15) is 10.2 Å². The number of hydrogen-bond acceptors (Lipinski definition) is 8. The van der Waals surface area contributed by atoms with Crippen molar-refractivity contribution in [2.45, 2.75) is 52.2 Å². The number of benzene rings is 1. The van der Waals surface area contributed by atoms with E-state index in [-0.39, 0.29) is 35.9 Å². The van der Waals surface area contributed by atoms with Gasteiger partial charge < -0.3 is 10.2 Å². The zero-order valence-electron chi connectivity index (χ0n) is 23.1. The van der Waals surface area contributed by atoms with Crippen molar-refractivity contribution in [1.29, 1.82) is 0 Å². The quantitative estimate of drug-likeness (QED) is 0.281. The monoisotopic (exact) mass is 627 g/mol. The van der Waals surface area contributed by atoms with Gasteiger partial charge in [0.2, 0.25) is 11.8 Å². The minimum Gasteiger partial charge on any atom is -0.326 e. The number of ketones is 1. The molecule has 13 heteroatoms. The van der Waals surface area contributed by atoms with Crippen LogP contribution in [0.5, 0.6) is 0 Å². The lowest BCUT2D eigenvalue weighted by molar-refractivity contribution is -0.138. The molecule has 0 bridgehead atoms. The number of amides is 2. The number of piperidine rings is 1. The summed E-state index contributed by atoms with van der Waals surface area (Å²) in [5.41, 5.74) is 4.96. The van der Waals surface area contributed by atoms with Crippen LogP contribution in [0, 0.1) is 19.8 Å². The average Bonchev–Trinajstić information content (AvgIpc) is 3.27. The second-order valence-electron chi connectivity index (χ2n) is 11.0. The number of hydrogen-bond donors (Lipinski definition) is 1. The lowest BCUT2D eigenvalue weighted by atomic mass is 10.0. The summed E-state index contributed by atoms with van der Waals surface area (Å²) in [5.74, 6) is -0.0931. The molecule has 0 spiro atoms. The summed E-state index contributed by atoms with van der Waals surface area (Å²) in [6, 6.07) is 6.98. The number of carbonyl (C=O) groups is 3. The highest BCUT2D eigenvalue weighted by atomic mass is 79.9. The maximum Gasteiger partial charge on any atom is 0.248 e. The van der Waals surface area contributed by atoms with Crippen LogP contribution in [0.2, 0.25) is 0 Å². The Hall–Kier alpha value is -4.52. The standard InChI is InChI=1S/C29H26BrN9O3/c1-14-6-25-32-10-19(12-38(25)35-14)17-4-5-21-20(7-17)27(16(3)40)36-37(21)13-26(41)39-22-8-18(22)9-23(39)29(42)34-24-11-31-15(2)28(30)33-24/h4-7,10-12,18,22-23H,8-9,13H2,1-3H3,(H,33,34,42)/t18-,22-,23+/m1/s1. The Balaban J connectivity index is 1.16. The van der Waals surface area contributed by atoms with Gasteiger partial charge in [-0.15, -0.1) is 0 Å². The first-order chi connectivity index (χ1) is 20.2. The van der Waals surface area contributed by atoms with Crippen LogP contribution < -0.4 is 5.32 Å². The molecule has 4 aromatic heterocycles. The number of anilines is 1. The van der Waals surface area contributed by atoms with Crippen LogP contribution in [0.15, 0.2) is 47.5 Å². The molecule has 42 heavy (non-hydrogen) atoms. The van der Waals surface area contributed by atoms with E-state index in [1.165, 1.54) is 13.1 Å². The molecule has 0 unspecified atom stereocenters. The van der Waals surface area contributed by atoms with E-state index in [0.717, 1.165) is 28.9 Å². The number of aromatic nitrogens is 7. The third-order valence-corrected chi connectivity index (χ3v) is 8.73. The number of fused-ring (bicyclic) bond motifs is 3. The van der Waals surface area contributed by atoms with E-state index in [0.29, 0.717) is 39.4 Å². The molecule has 2 amide bonds. The van der Waals surface area contributed by atoms with Crippen molar-refractivity contribution in [3.8, 4) is 11.1 Å². The topological polar surface area (TPSA) is 140 Å².